The minimum Gasteiger partial charge on any atom is -0.340 e. The highest BCUT2D eigenvalue weighted by Gasteiger charge is 2.04. The largest absolute Gasteiger partial charge is 0.340 e. The van der Waals surface area contributed by atoms with Gasteiger partial charge < -0.3 is 10.6 Å². The van der Waals surface area contributed by atoms with Crippen LogP contribution >= 0.6 is 15.9 Å². The number of halogens is 1. The van der Waals surface area contributed by atoms with Gasteiger partial charge in [-0.2, -0.15) is 0 Å². The Morgan fingerprint density at radius 3 is 2.73 bits per heavy atom. The predicted molar refractivity (Wildman–Crippen MR) is 94.6 cm³/mol. The van der Waals surface area contributed by atoms with E-state index in [4.69, 9.17) is 0 Å². The van der Waals surface area contributed by atoms with Gasteiger partial charge in [-0.25, -0.2) is 4.98 Å². The minimum absolute atomic E-state index is 0.0353. The number of pyridine rings is 1. The molecular formula is C17H20BrN3O. The molecule has 0 radical (unpaired) electrons. The fourth-order valence-corrected chi connectivity index (χ4v) is 2.48. The molecule has 0 spiro atoms. The highest BCUT2D eigenvalue weighted by molar-refractivity contribution is 9.10. The van der Waals surface area contributed by atoms with Crippen LogP contribution in [0.4, 0.5) is 17.2 Å². The van der Waals surface area contributed by atoms with Crippen molar-refractivity contribution in [3.63, 3.8) is 0 Å². The molecule has 0 atom stereocenters. The summed E-state index contributed by atoms with van der Waals surface area (Å²) in [5.41, 5.74) is 2.86. The van der Waals surface area contributed by atoms with E-state index >= 15 is 0 Å². The third-order valence-corrected chi connectivity index (χ3v) is 3.75. The van der Waals surface area contributed by atoms with Gasteiger partial charge in [0.1, 0.15) is 5.82 Å². The Balaban J connectivity index is 1.98. The Kier molecular flexibility index (Phi) is 5.95. The summed E-state index contributed by atoms with van der Waals surface area (Å²) in [6.07, 6.45) is 4.14. The van der Waals surface area contributed by atoms with Gasteiger partial charge in [0.25, 0.3) is 0 Å². The number of carbonyl (C=O) groups is 1. The van der Waals surface area contributed by atoms with Crippen LogP contribution in [0.3, 0.4) is 0 Å². The molecule has 1 amide bonds. The van der Waals surface area contributed by atoms with Crippen molar-refractivity contribution in [1.82, 2.24) is 4.98 Å². The molecule has 4 nitrogen and oxygen atoms in total. The molecule has 1 aromatic carbocycles. The maximum Gasteiger partial charge on any atom is 0.224 e. The maximum absolute atomic E-state index is 11.7. The summed E-state index contributed by atoms with van der Waals surface area (Å²) in [6.45, 7) is 4.11. The smallest absolute Gasteiger partial charge is 0.224 e. The van der Waals surface area contributed by atoms with Gasteiger partial charge in [0.05, 0.1) is 11.9 Å². The maximum atomic E-state index is 11.7. The first-order valence-corrected chi connectivity index (χ1v) is 8.17. The molecule has 2 aromatic rings. The van der Waals surface area contributed by atoms with Crippen molar-refractivity contribution in [2.24, 2.45) is 0 Å². The molecule has 0 fully saturated rings. The molecule has 1 heterocycles. The quantitative estimate of drug-likeness (QED) is 0.758. The Morgan fingerprint density at radius 2 is 2.09 bits per heavy atom. The second-order valence-corrected chi connectivity index (χ2v) is 6.08. The van der Waals surface area contributed by atoms with Crippen molar-refractivity contribution >= 4 is 39.0 Å². The van der Waals surface area contributed by atoms with E-state index in [0.29, 0.717) is 6.42 Å². The van der Waals surface area contributed by atoms with Crippen molar-refractivity contribution in [3.05, 3.63) is 46.6 Å². The zero-order valence-corrected chi connectivity index (χ0v) is 14.4. The van der Waals surface area contributed by atoms with E-state index in [9.17, 15) is 4.79 Å². The Hall–Kier alpha value is -1.88. The van der Waals surface area contributed by atoms with Gasteiger partial charge in [-0.15, -0.1) is 0 Å². The third-order valence-electron chi connectivity index (χ3n) is 3.26. The lowest BCUT2D eigenvalue weighted by molar-refractivity contribution is -0.116. The van der Waals surface area contributed by atoms with E-state index in [1.54, 1.807) is 6.20 Å². The number of unbranched alkanes of at least 4 members (excludes halogenated alkanes) is 1. The second kappa shape index (κ2) is 7.94. The summed E-state index contributed by atoms with van der Waals surface area (Å²) in [6, 6.07) is 9.74. The number of benzene rings is 1. The molecule has 0 aliphatic heterocycles. The van der Waals surface area contributed by atoms with Crippen molar-refractivity contribution in [2.75, 3.05) is 10.6 Å². The van der Waals surface area contributed by atoms with E-state index in [1.807, 2.05) is 37.3 Å². The fraction of sp³-hybridized carbons (Fsp3) is 0.294. The molecule has 1 aromatic heterocycles. The van der Waals surface area contributed by atoms with Crippen LogP contribution in [0.15, 0.2) is 41.0 Å². The molecule has 22 heavy (non-hydrogen) atoms. The molecular weight excluding hydrogens is 342 g/mol. The number of rotatable bonds is 6. The average Bonchev–Trinajstić information content (AvgIpc) is 2.50. The summed E-state index contributed by atoms with van der Waals surface area (Å²) in [7, 11) is 0. The van der Waals surface area contributed by atoms with Crippen LogP contribution in [0.1, 0.15) is 31.7 Å². The van der Waals surface area contributed by atoms with Crippen LogP contribution in [-0.2, 0) is 4.79 Å². The number of hydrogen-bond acceptors (Lipinski definition) is 3. The van der Waals surface area contributed by atoms with Gasteiger partial charge in [0.15, 0.2) is 0 Å². The van der Waals surface area contributed by atoms with Gasteiger partial charge >= 0.3 is 0 Å². The highest BCUT2D eigenvalue weighted by Crippen LogP contribution is 2.23. The molecule has 2 N–H and O–H groups in total. The topological polar surface area (TPSA) is 54.0 Å². The molecule has 0 bridgehead atoms. The van der Waals surface area contributed by atoms with Crippen LogP contribution in [0, 0.1) is 6.92 Å². The normalized spacial score (nSPS) is 10.3. The Bertz CT molecular complexity index is 641. The summed E-state index contributed by atoms with van der Waals surface area (Å²) in [5.74, 6) is 0.782. The first kappa shape index (κ1) is 16.5. The first-order chi connectivity index (χ1) is 10.6. The molecule has 0 saturated carbocycles. The Labute approximate surface area is 139 Å². The zero-order chi connectivity index (χ0) is 15.9. The summed E-state index contributed by atoms with van der Waals surface area (Å²) < 4.78 is 1.05. The number of anilines is 3. The van der Waals surface area contributed by atoms with Crippen molar-refractivity contribution < 1.29 is 4.79 Å². The van der Waals surface area contributed by atoms with E-state index in [1.165, 1.54) is 0 Å². The number of carbonyl (C=O) groups excluding carboxylic acids is 1. The highest BCUT2D eigenvalue weighted by atomic mass is 79.9. The van der Waals surface area contributed by atoms with E-state index in [2.05, 4.69) is 38.5 Å². The SMILES string of the molecule is CCCCC(=O)Nc1ccc(Nc2ccc(Br)cc2C)nc1. The molecule has 0 unspecified atom stereocenters. The van der Waals surface area contributed by atoms with Crippen LogP contribution in [0.25, 0.3) is 0 Å². The average molecular weight is 362 g/mol. The van der Waals surface area contributed by atoms with Crippen LogP contribution in [0.2, 0.25) is 0 Å². The molecule has 0 saturated heterocycles. The number of aromatic nitrogens is 1. The van der Waals surface area contributed by atoms with Gasteiger partial charge in [-0.1, -0.05) is 29.3 Å². The number of hydrogen-bond donors (Lipinski definition) is 2. The standard InChI is InChI=1S/C17H20BrN3O/c1-3-4-5-17(22)20-14-7-9-16(19-11-14)21-15-8-6-13(18)10-12(15)2/h6-11H,3-5H2,1-2H3,(H,19,21)(H,20,22). The van der Waals surface area contributed by atoms with Crippen molar-refractivity contribution in [1.29, 1.82) is 0 Å². The number of nitrogens with zero attached hydrogens (tertiary/aromatic N) is 1. The lowest BCUT2D eigenvalue weighted by Crippen LogP contribution is -2.11. The number of aryl methyl sites for hydroxylation is 1. The molecule has 5 heteroatoms. The summed E-state index contributed by atoms with van der Waals surface area (Å²) in [5, 5.41) is 6.12. The van der Waals surface area contributed by atoms with Crippen molar-refractivity contribution in [2.45, 2.75) is 33.1 Å². The van der Waals surface area contributed by atoms with Gasteiger partial charge in [0, 0.05) is 16.6 Å². The summed E-state index contributed by atoms with van der Waals surface area (Å²) >= 11 is 3.45. The van der Waals surface area contributed by atoms with Gasteiger partial charge in [-0.05, 0) is 49.2 Å². The monoisotopic (exact) mass is 361 g/mol. The molecule has 0 aliphatic rings. The van der Waals surface area contributed by atoms with Crippen LogP contribution < -0.4 is 10.6 Å². The molecule has 0 aliphatic carbocycles. The van der Waals surface area contributed by atoms with Crippen molar-refractivity contribution in [3.8, 4) is 0 Å². The third kappa shape index (κ3) is 4.84. The Morgan fingerprint density at radius 1 is 1.27 bits per heavy atom. The lowest BCUT2D eigenvalue weighted by Gasteiger charge is -2.10. The predicted octanol–water partition coefficient (Wildman–Crippen LogP) is 5.02. The van der Waals surface area contributed by atoms with E-state index in [-0.39, 0.29) is 5.91 Å². The zero-order valence-electron chi connectivity index (χ0n) is 12.8. The van der Waals surface area contributed by atoms with E-state index in [0.717, 1.165) is 40.1 Å². The number of amides is 1. The minimum atomic E-state index is 0.0353. The van der Waals surface area contributed by atoms with Gasteiger partial charge in [-0.3, -0.25) is 4.79 Å². The first-order valence-electron chi connectivity index (χ1n) is 7.37. The van der Waals surface area contributed by atoms with E-state index < -0.39 is 0 Å². The summed E-state index contributed by atoms with van der Waals surface area (Å²) in [4.78, 5) is 16.0. The van der Waals surface area contributed by atoms with Gasteiger partial charge in [0.2, 0.25) is 5.91 Å². The molecule has 116 valence electrons. The van der Waals surface area contributed by atoms with Crippen LogP contribution in [0.5, 0.6) is 0 Å². The van der Waals surface area contributed by atoms with Crippen LogP contribution in [-0.4, -0.2) is 10.9 Å². The second-order valence-electron chi connectivity index (χ2n) is 5.17. The molecule has 2 rings (SSSR count). The number of nitrogens with one attached hydrogen (secondary N) is 2. The lowest BCUT2D eigenvalue weighted by atomic mass is 10.2. The fourth-order valence-electron chi connectivity index (χ4n) is 2.01.